The number of hydrogen-bond acceptors (Lipinski definition) is 6. The maximum absolute atomic E-state index is 10.5. The van der Waals surface area contributed by atoms with Gasteiger partial charge in [-0.2, -0.15) is 0 Å². The number of aromatic nitrogens is 2. The maximum atomic E-state index is 10.5. The van der Waals surface area contributed by atoms with Crippen molar-refractivity contribution in [2.45, 2.75) is 6.61 Å². The van der Waals surface area contributed by atoms with E-state index in [2.05, 4.69) is 14.7 Å². The number of carbonyl (C=O) groups is 1. The molecule has 0 unspecified atom stereocenters. The van der Waals surface area contributed by atoms with Crippen molar-refractivity contribution in [3.8, 4) is 17.5 Å². The highest BCUT2D eigenvalue weighted by molar-refractivity contribution is 5.61. The van der Waals surface area contributed by atoms with Crippen molar-refractivity contribution in [1.82, 2.24) is 9.97 Å². The Morgan fingerprint density at radius 2 is 1.80 bits per heavy atom. The average Bonchev–Trinajstić information content (AvgIpc) is 2.46. The molecule has 0 aliphatic rings. The maximum Gasteiger partial charge on any atom is 0.512 e. The van der Waals surface area contributed by atoms with E-state index in [1.165, 1.54) is 12.4 Å². The lowest BCUT2D eigenvalue weighted by Gasteiger charge is -2.08. The van der Waals surface area contributed by atoms with Gasteiger partial charge in [0.1, 0.15) is 12.4 Å². The molecule has 0 aliphatic heterocycles. The highest BCUT2D eigenvalue weighted by Gasteiger charge is 2.11. The number of hydrogen-bond donors (Lipinski definition) is 1. The molecule has 7 nitrogen and oxygen atoms in total. The van der Waals surface area contributed by atoms with E-state index >= 15 is 0 Å². The Hall–Kier alpha value is -2.83. The fraction of sp³-hybridized carbons (Fsp3) is 0.154. The third-order valence-corrected chi connectivity index (χ3v) is 2.35. The molecule has 0 spiro atoms. The van der Waals surface area contributed by atoms with Gasteiger partial charge in [-0.15, -0.1) is 0 Å². The van der Waals surface area contributed by atoms with Crippen molar-refractivity contribution in [3.63, 3.8) is 0 Å². The Labute approximate surface area is 114 Å². The fourth-order valence-corrected chi connectivity index (χ4v) is 1.44. The molecule has 104 valence electrons. The van der Waals surface area contributed by atoms with Crippen LogP contribution in [-0.2, 0) is 6.61 Å². The molecular weight excluding hydrogens is 264 g/mol. The summed E-state index contributed by atoms with van der Waals surface area (Å²) in [5.74, 6) is 0.572. The van der Waals surface area contributed by atoms with Gasteiger partial charge in [-0.3, -0.25) is 0 Å². The largest absolute Gasteiger partial charge is 0.512 e. The van der Waals surface area contributed by atoms with E-state index in [4.69, 9.17) is 14.6 Å². The summed E-state index contributed by atoms with van der Waals surface area (Å²) in [6, 6.07) is 7.24. The predicted molar refractivity (Wildman–Crippen MR) is 68.0 cm³/mol. The van der Waals surface area contributed by atoms with Crippen molar-refractivity contribution in [2.75, 3.05) is 7.11 Å². The molecule has 2 aromatic rings. The summed E-state index contributed by atoms with van der Waals surface area (Å²) >= 11 is 0. The van der Waals surface area contributed by atoms with E-state index in [1.54, 1.807) is 19.2 Å². The number of carboxylic acid groups (broad SMARTS) is 1. The summed E-state index contributed by atoms with van der Waals surface area (Å²) in [5.41, 5.74) is 0.873. The number of ether oxygens (including phenoxy) is 3. The van der Waals surface area contributed by atoms with Crippen LogP contribution in [-0.4, -0.2) is 28.3 Å². The normalized spacial score (nSPS) is 9.85. The van der Waals surface area contributed by atoms with Gasteiger partial charge in [0.05, 0.1) is 7.11 Å². The molecule has 7 heteroatoms. The lowest BCUT2D eigenvalue weighted by molar-refractivity contribution is 0.139. The van der Waals surface area contributed by atoms with Crippen LogP contribution in [0.25, 0.3) is 0 Å². The first-order valence-electron chi connectivity index (χ1n) is 5.66. The molecule has 1 heterocycles. The molecule has 0 atom stereocenters. The molecule has 0 saturated heterocycles. The first kappa shape index (κ1) is 13.6. The summed E-state index contributed by atoms with van der Waals surface area (Å²) in [6.45, 7) is 0.207. The molecule has 2 rings (SSSR count). The van der Waals surface area contributed by atoms with Crippen LogP contribution in [0.3, 0.4) is 0 Å². The summed E-state index contributed by atoms with van der Waals surface area (Å²) in [5, 5.41) is 8.57. The van der Waals surface area contributed by atoms with Gasteiger partial charge in [-0.1, -0.05) is 12.1 Å². The number of nitrogens with zero attached hydrogens (tertiary/aromatic N) is 2. The van der Waals surface area contributed by atoms with Gasteiger partial charge in [0.15, 0.2) is 0 Å². The van der Waals surface area contributed by atoms with Crippen LogP contribution < -0.4 is 14.2 Å². The molecular formula is C13H12N2O5. The van der Waals surface area contributed by atoms with Crippen molar-refractivity contribution in [1.29, 1.82) is 0 Å². The highest BCUT2D eigenvalue weighted by atomic mass is 16.7. The van der Waals surface area contributed by atoms with Crippen LogP contribution in [0.15, 0.2) is 36.7 Å². The van der Waals surface area contributed by atoms with Crippen LogP contribution in [0.4, 0.5) is 4.79 Å². The molecule has 1 aromatic carbocycles. The molecule has 1 N–H and O–H groups in total. The second-order valence-electron chi connectivity index (χ2n) is 3.67. The second-order valence-corrected chi connectivity index (χ2v) is 3.67. The van der Waals surface area contributed by atoms with Crippen LogP contribution in [0.1, 0.15) is 5.56 Å². The summed E-state index contributed by atoms with van der Waals surface area (Å²) in [7, 11) is 1.58. The fourth-order valence-electron chi connectivity index (χ4n) is 1.44. The van der Waals surface area contributed by atoms with Gasteiger partial charge in [0.2, 0.25) is 0 Å². The number of benzene rings is 1. The Balaban J connectivity index is 2.04. The molecule has 0 saturated carbocycles. The SMILES string of the molecule is COc1ccc(COc2nccnc2OC(=O)O)cc1. The summed E-state index contributed by atoms with van der Waals surface area (Å²) in [6.07, 6.45) is 1.23. The summed E-state index contributed by atoms with van der Waals surface area (Å²) < 4.78 is 14.9. The quantitative estimate of drug-likeness (QED) is 0.836. The predicted octanol–water partition coefficient (Wildman–Crippen LogP) is 2.12. The van der Waals surface area contributed by atoms with E-state index in [0.717, 1.165) is 11.3 Å². The van der Waals surface area contributed by atoms with Crippen LogP contribution in [0, 0.1) is 0 Å². The Kier molecular flexibility index (Phi) is 4.33. The molecule has 0 bridgehead atoms. The van der Waals surface area contributed by atoms with Gasteiger partial charge >= 0.3 is 6.16 Å². The third kappa shape index (κ3) is 3.58. The summed E-state index contributed by atoms with van der Waals surface area (Å²) in [4.78, 5) is 18.1. The molecule has 0 amide bonds. The van der Waals surface area contributed by atoms with Gasteiger partial charge in [-0.25, -0.2) is 14.8 Å². The minimum absolute atomic E-state index is 0.0192. The van der Waals surface area contributed by atoms with E-state index < -0.39 is 6.16 Å². The van der Waals surface area contributed by atoms with E-state index in [-0.39, 0.29) is 18.4 Å². The number of methoxy groups -OCH3 is 1. The highest BCUT2D eigenvalue weighted by Crippen LogP contribution is 2.22. The molecule has 0 fully saturated rings. The smallest absolute Gasteiger partial charge is 0.497 e. The lowest BCUT2D eigenvalue weighted by atomic mass is 10.2. The molecule has 20 heavy (non-hydrogen) atoms. The Morgan fingerprint density at radius 1 is 1.15 bits per heavy atom. The first-order valence-corrected chi connectivity index (χ1v) is 5.66. The van der Waals surface area contributed by atoms with Crippen molar-refractivity contribution >= 4 is 6.16 Å². The average molecular weight is 276 g/mol. The Morgan fingerprint density at radius 3 is 2.40 bits per heavy atom. The Bertz CT molecular complexity index is 586. The minimum Gasteiger partial charge on any atom is -0.497 e. The molecule has 0 aliphatic carbocycles. The zero-order chi connectivity index (χ0) is 14.4. The first-order chi connectivity index (χ1) is 9.69. The molecule has 0 radical (unpaired) electrons. The number of rotatable bonds is 5. The van der Waals surface area contributed by atoms with E-state index in [0.29, 0.717) is 0 Å². The van der Waals surface area contributed by atoms with Crippen molar-refractivity contribution in [2.24, 2.45) is 0 Å². The topological polar surface area (TPSA) is 90.8 Å². The van der Waals surface area contributed by atoms with E-state index in [9.17, 15) is 4.79 Å². The van der Waals surface area contributed by atoms with Crippen molar-refractivity contribution in [3.05, 3.63) is 42.2 Å². The van der Waals surface area contributed by atoms with Crippen molar-refractivity contribution < 1.29 is 24.1 Å². The lowest BCUT2D eigenvalue weighted by Crippen LogP contribution is -2.07. The van der Waals surface area contributed by atoms with Gasteiger partial charge in [0, 0.05) is 12.4 Å². The van der Waals surface area contributed by atoms with Crippen LogP contribution in [0.2, 0.25) is 0 Å². The minimum atomic E-state index is -1.47. The standard InChI is InChI=1S/C13H12N2O5/c1-18-10-4-2-9(3-5-10)8-19-11-12(20-13(16)17)15-7-6-14-11/h2-7H,8H2,1H3,(H,16,17). The zero-order valence-corrected chi connectivity index (χ0v) is 10.6. The zero-order valence-electron chi connectivity index (χ0n) is 10.6. The van der Waals surface area contributed by atoms with Crippen LogP contribution in [0.5, 0.6) is 17.5 Å². The van der Waals surface area contributed by atoms with Gasteiger partial charge in [-0.05, 0) is 17.7 Å². The van der Waals surface area contributed by atoms with E-state index in [1.807, 2.05) is 12.1 Å². The second kappa shape index (κ2) is 6.37. The monoisotopic (exact) mass is 276 g/mol. The molecule has 1 aromatic heterocycles. The third-order valence-electron chi connectivity index (χ3n) is 2.35. The van der Waals surface area contributed by atoms with Crippen LogP contribution >= 0.6 is 0 Å². The van der Waals surface area contributed by atoms with Gasteiger partial charge < -0.3 is 19.3 Å². The van der Waals surface area contributed by atoms with Gasteiger partial charge in [0.25, 0.3) is 11.8 Å².